The molecule has 1 heterocycles. The van der Waals surface area contributed by atoms with E-state index in [0.29, 0.717) is 5.56 Å². The number of esters is 1. The van der Waals surface area contributed by atoms with Gasteiger partial charge in [0.15, 0.2) is 0 Å². The van der Waals surface area contributed by atoms with Crippen LogP contribution in [-0.2, 0) is 26.1 Å². The van der Waals surface area contributed by atoms with Gasteiger partial charge in [-0.05, 0) is 23.1 Å². The molecule has 7 heteroatoms. The Bertz CT molecular complexity index is 962. The second-order valence-electron chi connectivity index (χ2n) is 6.10. The van der Waals surface area contributed by atoms with Crippen LogP contribution in [0.25, 0.3) is 10.9 Å². The number of fused-ring (bicyclic) bond motifs is 1. The van der Waals surface area contributed by atoms with Crippen LogP contribution in [-0.4, -0.2) is 36.3 Å². The Balaban J connectivity index is 1.65. The van der Waals surface area contributed by atoms with Crippen LogP contribution in [0, 0.1) is 0 Å². The minimum Gasteiger partial charge on any atom is -0.465 e. The molecular formula is C19H19NO5S. The summed E-state index contributed by atoms with van der Waals surface area (Å²) in [5.74, 6) is -1.60. The maximum Gasteiger partial charge on any atom is 0.311 e. The molecule has 0 amide bonds. The Morgan fingerprint density at radius 3 is 2.46 bits per heavy atom. The highest BCUT2D eigenvalue weighted by Gasteiger charge is 2.21. The molecule has 2 aromatic carbocycles. The summed E-state index contributed by atoms with van der Waals surface area (Å²) in [5, 5.41) is 1.00. The lowest BCUT2D eigenvalue weighted by Crippen LogP contribution is -2.21. The first-order valence-corrected chi connectivity index (χ1v) is 9.74. The van der Waals surface area contributed by atoms with Gasteiger partial charge in [-0.25, -0.2) is 0 Å². The van der Waals surface area contributed by atoms with Gasteiger partial charge in [-0.15, -0.1) is 0 Å². The number of hydrogen-bond donors (Lipinski definition) is 2. The summed E-state index contributed by atoms with van der Waals surface area (Å²) < 4.78 is 36.9. The number of aromatic nitrogens is 1. The number of carbonyl (C=O) groups excluding carboxylic acids is 1. The maximum absolute atomic E-state index is 12.1. The molecule has 3 aromatic rings. The molecule has 26 heavy (non-hydrogen) atoms. The molecule has 0 aliphatic heterocycles. The molecule has 0 bridgehead atoms. The topological polar surface area (TPSA) is 96.5 Å². The molecule has 136 valence electrons. The van der Waals surface area contributed by atoms with Crippen LogP contribution in [0.1, 0.15) is 17.2 Å². The third-order valence-electron chi connectivity index (χ3n) is 4.05. The number of para-hydroxylation sites is 1. The zero-order valence-corrected chi connectivity index (χ0v) is 14.8. The number of carbonyl (C=O) groups is 1. The second kappa shape index (κ2) is 7.72. The van der Waals surface area contributed by atoms with E-state index in [0.717, 1.165) is 16.6 Å². The summed E-state index contributed by atoms with van der Waals surface area (Å²) in [6, 6.07) is 18.4. The summed E-state index contributed by atoms with van der Waals surface area (Å²) in [7, 11) is -4.19. The molecular weight excluding hydrogens is 354 g/mol. The van der Waals surface area contributed by atoms with E-state index in [2.05, 4.69) is 4.98 Å². The molecule has 0 saturated carbocycles. The van der Waals surface area contributed by atoms with E-state index in [1.165, 1.54) is 0 Å². The average Bonchev–Trinajstić information content (AvgIpc) is 3.00. The number of hydrogen-bond acceptors (Lipinski definition) is 4. The van der Waals surface area contributed by atoms with Crippen LogP contribution >= 0.6 is 0 Å². The van der Waals surface area contributed by atoms with E-state index in [9.17, 15) is 13.2 Å². The molecule has 1 aromatic heterocycles. The summed E-state index contributed by atoms with van der Waals surface area (Å²) in [5.41, 5.74) is 2.34. The largest absolute Gasteiger partial charge is 0.465 e. The van der Waals surface area contributed by atoms with Crippen LogP contribution in [0.5, 0.6) is 0 Å². The van der Waals surface area contributed by atoms with Crippen molar-refractivity contribution >= 4 is 27.0 Å². The fraction of sp³-hybridized carbons (Fsp3) is 0.211. The highest BCUT2D eigenvalue weighted by molar-refractivity contribution is 7.85. The fourth-order valence-electron chi connectivity index (χ4n) is 2.85. The Labute approximate surface area is 151 Å². The predicted molar refractivity (Wildman–Crippen MR) is 98.6 cm³/mol. The van der Waals surface area contributed by atoms with Gasteiger partial charge >= 0.3 is 5.97 Å². The van der Waals surface area contributed by atoms with Gasteiger partial charge in [-0.3, -0.25) is 9.35 Å². The van der Waals surface area contributed by atoms with E-state index in [4.69, 9.17) is 9.29 Å². The smallest absolute Gasteiger partial charge is 0.311 e. The number of benzene rings is 2. The highest BCUT2D eigenvalue weighted by Crippen LogP contribution is 2.19. The van der Waals surface area contributed by atoms with Crippen molar-refractivity contribution in [2.75, 3.05) is 12.4 Å². The first kappa shape index (κ1) is 18.2. The van der Waals surface area contributed by atoms with Crippen molar-refractivity contribution < 1.29 is 22.5 Å². The van der Waals surface area contributed by atoms with E-state index < -0.39 is 27.8 Å². The molecule has 1 unspecified atom stereocenters. The van der Waals surface area contributed by atoms with Crippen LogP contribution < -0.4 is 0 Å². The van der Waals surface area contributed by atoms with Crippen molar-refractivity contribution in [2.24, 2.45) is 0 Å². The number of rotatable bonds is 7. The van der Waals surface area contributed by atoms with Crippen molar-refractivity contribution in [3.63, 3.8) is 0 Å². The zero-order valence-electron chi connectivity index (χ0n) is 14.0. The van der Waals surface area contributed by atoms with Crippen molar-refractivity contribution in [3.8, 4) is 0 Å². The molecule has 3 rings (SSSR count). The van der Waals surface area contributed by atoms with Crippen molar-refractivity contribution in [2.45, 2.75) is 12.3 Å². The minimum atomic E-state index is -4.19. The highest BCUT2D eigenvalue weighted by atomic mass is 32.2. The van der Waals surface area contributed by atoms with Crippen molar-refractivity contribution in [3.05, 3.63) is 71.9 Å². The number of H-pyrrole nitrogens is 1. The molecule has 0 radical (unpaired) electrons. The normalized spacial score (nSPS) is 12.8. The van der Waals surface area contributed by atoms with Gasteiger partial charge in [-0.2, -0.15) is 8.42 Å². The quantitative estimate of drug-likeness (QED) is 0.490. The van der Waals surface area contributed by atoms with Crippen LogP contribution in [0.4, 0.5) is 0 Å². The molecule has 0 spiro atoms. The molecule has 2 N–H and O–H groups in total. The van der Waals surface area contributed by atoms with Crippen LogP contribution in [0.15, 0.2) is 60.7 Å². The molecule has 1 atom stereocenters. The SMILES string of the molecule is O=C(Cc1cc2ccccc2[nH]1)OCC(CS(=O)(=O)O)c1ccccc1. The predicted octanol–water partition coefficient (Wildman–Crippen LogP) is 2.93. The lowest BCUT2D eigenvalue weighted by molar-refractivity contribution is -0.143. The first-order chi connectivity index (χ1) is 12.4. The van der Waals surface area contributed by atoms with Crippen LogP contribution in [0.2, 0.25) is 0 Å². The van der Waals surface area contributed by atoms with Crippen molar-refractivity contribution in [1.82, 2.24) is 4.98 Å². The van der Waals surface area contributed by atoms with Crippen LogP contribution in [0.3, 0.4) is 0 Å². The average molecular weight is 373 g/mol. The van der Waals surface area contributed by atoms with Gasteiger partial charge in [0, 0.05) is 17.1 Å². The minimum absolute atomic E-state index is 0.0576. The van der Waals surface area contributed by atoms with E-state index in [-0.39, 0.29) is 13.0 Å². The molecule has 0 saturated heterocycles. The molecule has 0 aliphatic carbocycles. The summed E-state index contributed by atoms with van der Waals surface area (Å²) in [4.78, 5) is 15.3. The van der Waals surface area contributed by atoms with Crippen molar-refractivity contribution in [1.29, 1.82) is 0 Å². The van der Waals surface area contributed by atoms with E-state index >= 15 is 0 Å². The lowest BCUT2D eigenvalue weighted by atomic mass is 10.0. The first-order valence-electron chi connectivity index (χ1n) is 8.13. The summed E-state index contributed by atoms with van der Waals surface area (Å²) >= 11 is 0. The Morgan fingerprint density at radius 1 is 1.08 bits per heavy atom. The van der Waals surface area contributed by atoms with E-state index in [1.54, 1.807) is 30.3 Å². The zero-order chi connectivity index (χ0) is 18.6. The third kappa shape index (κ3) is 4.93. The lowest BCUT2D eigenvalue weighted by Gasteiger charge is -2.16. The molecule has 0 aliphatic rings. The fourth-order valence-corrected chi connectivity index (χ4v) is 3.65. The third-order valence-corrected chi connectivity index (χ3v) is 4.87. The van der Waals surface area contributed by atoms with E-state index in [1.807, 2.05) is 30.3 Å². The van der Waals surface area contributed by atoms with Gasteiger partial charge in [0.2, 0.25) is 0 Å². The Hall–Kier alpha value is -2.64. The molecule has 0 fully saturated rings. The van der Waals surface area contributed by atoms with Gasteiger partial charge < -0.3 is 9.72 Å². The Morgan fingerprint density at radius 2 is 1.77 bits per heavy atom. The monoisotopic (exact) mass is 373 g/mol. The van der Waals surface area contributed by atoms with Gasteiger partial charge in [0.1, 0.15) is 0 Å². The maximum atomic E-state index is 12.1. The number of nitrogens with one attached hydrogen (secondary N) is 1. The van der Waals surface area contributed by atoms with Gasteiger partial charge in [0.05, 0.1) is 18.8 Å². The van der Waals surface area contributed by atoms with Gasteiger partial charge in [0.25, 0.3) is 10.1 Å². The Kier molecular flexibility index (Phi) is 5.39. The van der Waals surface area contributed by atoms with Gasteiger partial charge in [-0.1, -0.05) is 48.5 Å². The second-order valence-corrected chi connectivity index (χ2v) is 7.59. The molecule has 6 nitrogen and oxygen atoms in total. The summed E-state index contributed by atoms with van der Waals surface area (Å²) in [6.07, 6.45) is 0.0576. The number of ether oxygens (including phenoxy) is 1. The number of aromatic amines is 1. The standard InChI is InChI=1S/C19H19NO5S/c21-19(11-17-10-15-8-4-5-9-18(15)20-17)25-12-16(13-26(22,23)24)14-6-2-1-3-7-14/h1-10,16,20H,11-13H2,(H,22,23,24). The summed E-state index contributed by atoms with van der Waals surface area (Å²) in [6.45, 7) is -0.122.